The number of esters is 1. The fourth-order valence-corrected chi connectivity index (χ4v) is 3.85. The van der Waals surface area contributed by atoms with E-state index in [9.17, 15) is 19.8 Å². The van der Waals surface area contributed by atoms with Gasteiger partial charge in [0.15, 0.2) is 5.76 Å². The second-order valence-corrected chi connectivity index (χ2v) is 7.73. The lowest BCUT2D eigenvalue weighted by Crippen LogP contribution is -2.14. The van der Waals surface area contributed by atoms with Gasteiger partial charge in [0.25, 0.3) is 0 Å². The Hall–Kier alpha value is -3.39. The first-order valence-electron chi connectivity index (χ1n) is 9.39. The molecule has 0 aliphatic heterocycles. The average Bonchev–Trinajstić information content (AvgIpc) is 2.79. The number of phenols is 1. The molecule has 8 heteroatoms. The smallest absolute Gasteiger partial charge is 0.306 e. The second kappa shape index (κ2) is 10.1. The topological polar surface area (TPSA) is 106 Å². The van der Waals surface area contributed by atoms with E-state index in [-0.39, 0.29) is 17.9 Å². The summed E-state index contributed by atoms with van der Waals surface area (Å²) in [5, 5.41) is 20.0. The molecule has 2 aromatic carbocycles. The van der Waals surface area contributed by atoms with Gasteiger partial charge in [0.2, 0.25) is 11.2 Å². The standard InChI is InChI=1S/C23H22O7S/c1-28-16-4-3-5-18(10-16)31-13-17-11-20(25)22(27)23(30-17)19(12-21(26)29-2)14-6-8-15(24)9-7-14/h3-11,19,24,27H,12-13H2,1-2H3. The third-order valence-corrected chi connectivity index (χ3v) is 5.65. The Morgan fingerprint density at radius 2 is 1.84 bits per heavy atom. The summed E-state index contributed by atoms with van der Waals surface area (Å²) in [4.78, 5) is 25.3. The van der Waals surface area contributed by atoms with Gasteiger partial charge in [-0.15, -0.1) is 11.8 Å². The summed E-state index contributed by atoms with van der Waals surface area (Å²) >= 11 is 1.44. The van der Waals surface area contributed by atoms with Gasteiger partial charge in [-0.25, -0.2) is 0 Å². The molecule has 31 heavy (non-hydrogen) atoms. The van der Waals surface area contributed by atoms with Crippen molar-refractivity contribution in [1.29, 1.82) is 0 Å². The summed E-state index contributed by atoms with van der Waals surface area (Å²) in [6.45, 7) is 0. The first-order chi connectivity index (χ1) is 14.9. The van der Waals surface area contributed by atoms with E-state index in [1.807, 2.05) is 24.3 Å². The Kier molecular flexibility index (Phi) is 7.25. The van der Waals surface area contributed by atoms with E-state index in [4.69, 9.17) is 13.9 Å². The molecule has 0 bridgehead atoms. The van der Waals surface area contributed by atoms with Crippen LogP contribution < -0.4 is 10.2 Å². The minimum atomic E-state index is -0.762. The molecule has 0 aliphatic carbocycles. The van der Waals surface area contributed by atoms with Crippen LogP contribution in [0.15, 0.2) is 68.7 Å². The number of carbonyl (C=O) groups excluding carboxylic acids is 1. The summed E-state index contributed by atoms with van der Waals surface area (Å²) in [6, 6.07) is 14.8. The highest BCUT2D eigenvalue weighted by Crippen LogP contribution is 2.35. The van der Waals surface area contributed by atoms with Crippen molar-refractivity contribution < 1.29 is 28.9 Å². The zero-order valence-corrected chi connectivity index (χ0v) is 17.8. The number of rotatable bonds is 8. The maximum Gasteiger partial charge on any atom is 0.306 e. The number of phenolic OH excluding ortho intramolecular Hbond substituents is 1. The molecule has 0 saturated carbocycles. The number of carbonyl (C=O) groups is 1. The van der Waals surface area contributed by atoms with E-state index < -0.39 is 23.1 Å². The van der Waals surface area contributed by atoms with Gasteiger partial charge in [-0.05, 0) is 35.9 Å². The number of benzene rings is 2. The van der Waals surface area contributed by atoms with Crippen LogP contribution in [-0.4, -0.2) is 30.4 Å². The average molecular weight is 442 g/mol. The fourth-order valence-electron chi connectivity index (χ4n) is 3.03. The zero-order valence-electron chi connectivity index (χ0n) is 17.0. The first-order valence-corrected chi connectivity index (χ1v) is 10.4. The SMILES string of the molecule is COC(=O)CC(c1ccc(O)cc1)c1oc(CSc2cccc(OC)c2)cc(=O)c1O. The highest BCUT2D eigenvalue weighted by Gasteiger charge is 2.26. The molecule has 1 unspecified atom stereocenters. The highest BCUT2D eigenvalue weighted by atomic mass is 32.2. The molecule has 3 aromatic rings. The van der Waals surface area contributed by atoms with Gasteiger partial charge in [0, 0.05) is 11.0 Å². The quantitative estimate of drug-likeness (QED) is 0.398. The zero-order chi connectivity index (χ0) is 22.4. The minimum Gasteiger partial charge on any atom is -0.508 e. The van der Waals surface area contributed by atoms with E-state index in [1.54, 1.807) is 19.2 Å². The van der Waals surface area contributed by atoms with Crippen LogP contribution in [0.1, 0.15) is 29.4 Å². The third-order valence-electron chi connectivity index (χ3n) is 4.63. The lowest BCUT2D eigenvalue weighted by atomic mass is 9.92. The van der Waals surface area contributed by atoms with Crippen molar-refractivity contribution in [1.82, 2.24) is 0 Å². The molecule has 0 spiro atoms. The van der Waals surface area contributed by atoms with Crippen molar-refractivity contribution in [2.75, 3.05) is 14.2 Å². The van der Waals surface area contributed by atoms with Crippen LogP contribution in [0.5, 0.6) is 17.2 Å². The lowest BCUT2D eigenvalue weighted by Gasteiger charge is -2.17. The summed E-state index contributed by atoms with van der Waals surface area (Å²) in [5.74, 6) is -0.436. The van der Waals surface area contributed by atoms with Crippen LogP contribution in [-0.2, 0) is 15.3 Å². The molecule has 3 rings (SSSR count). The Bertz CT molecular complexity index is 1110. The van der Waals surface area contributed by atoms with Crippen LogP contribution in [0.4, 0.5) is 0 Å². The summed E-state index contributed by atoms with van der Waals surface area (Å²) in [6.07, 6.45) is -0.149. The predicted molar refractivity (Wildman–Crippen MR) is 116 cm³/mol. The largest absolute Gasteiger partial charge is 0.508 e. The van der Waals surface area contributed by atoms with E-state index in [0.717, 1.165) is 4.90 Å². The number of thioether (sulfide) groups is 1. The van der Waals surface area contributed by atoms with E-state index in [0.29, 0.717) is 22.8 Å². The van der Waals surface area contributed by atoms with Crippen LogP contribution in [0, 0.1) is 0 Å². The van der Waals surface area contributed by atoms with E-state index >= 15 is 0 Å². The van der Waals surface area contributed by atoms with Gasteiger partial charge < -0.3 is 24.1 Å². The second-order valence-electron chi connectivity index (χ2n) is 6.68. The van der Waals surface area contributed by atoms with Gasteiger partial charge >= 0.3 is 5.97 Å². The molecule has 2 N–H and O–H groups in total. The van der Waals surface area contributed by atoms with E-state index in [1.165, 1.54) is 37.1 Å². The van der Waals surface area contributed by atoms with Gasteiger partial charge in [-0.3, -0.25) is 9.59 Å². The summed E-state index contributed by atoms with van der Waals surface area (Å²) in [5.41, 5.74) is -0.0182. The van der Waals surface area contributed by atoms with Crippen molar-refractivity contribution in [3.8, 4) is 17.2 Å². The molecular weight excluding hydrogens is 420 g/mol. The minimum absolute atomic E-state index is 0.0233. The van der Waals surface area contributed by atoms with Crippen molar-refractivity contribution in [3.05, 3.63) is 81.9 Å². The number of aromatic hydroxyl groups is 2. The fraction of sp³-hybridized carbons (Fsp3) is 0.217. The normalized spacial score (nSPS) is 11.7. The molecule has 0 fully saturated rings. The molecule has 1 heterocycles. The number of hydrogen-bond donors (Lipinski definition) is 2. The van der Waals surface area contributed by atoms with Crippen molar-refractivity contribution in [2.45, 2.75) is 23.0 Å². The van der Waals surface area contributed by atoms with Gasteiger partial charge in [0.1, 0.15) is 17.3 Å². The molecular formula is C23H22O7S. The Morgan fingerprint density at radius 3 is 2.52 bits per heavy atom. The molecule has 0 aliphatic rings. The molecule has 0 saturated heterocycles. The Labute approximate surface area is 183 Å². The first kappa shape index (κ1) is 22.3. The van der Waals surface area contributed by atoms with Gasteiger partial charge in [-0.1, -0.05) is 18.2 Å². The van der Waals surface area contributed by atoms with Gasteiger partial charge in [-0.2, -0.15) is 0 Å². The van der Waals surface area contributed by atoms with Gasteiger partial charge in [0.05, 0.1) is 32.3 Å². The van der Waals surface area contributed by atoms with E-state index in [2.05, 4.69) is 0 Å². The van der Waals surface area contributed by atoms with Crippen LogP contribution in [0.25, 0.3) is 0 Å². The highest BCUT2D eigenvalue weighted by molar-refractivity contribution is 7.98. The maximum absolute atomic E-state index is 12.4. The summed E-state index contributed by atoms with van der Waals surface area (Å²) in [7, 11) is 2.84. The van der Waals surface area contributed by atoms with Crippen molar-refractivity contribution in [2.24, 2.45) is 0 Å². The Morgan fingerprint density at radius 1 is 1.10 bits per heavy atom. The van der Waals surface area contributed by atoms with Crippen LogP contribution in [0.2, 0.25) is 0 Å². The third kappa shape index (κ3) is 5.61. The molecule has 7 nitrogen and oxygen atoms in total. The van der Waals surface area contributed by atoms with Crippen molar-refractivity contribution >= 4 is 17.7 Å². The molecule has 162 valence electrons. The molecule has 1 atom stereocenters. The lowest BCUT2D eigenvalue weighted by molar-refractivity contribution is -0.140. The molecule has 1 aromatic heterocycles. The van der Waals surface area contributed by atoms with Crippen molar-refractivity contribution in [3.63, 3.8) is 0 Å². The maximum atomic E-state index is 12.4. The number of hydrogen-bond acceptors (Lipinski definition) is 8. The molecule has 0 radical (unpaired) electrons. The monoisotopic (exact) mass is 442 g/mol. The number of ether oxygens (including phenoxy) is 2. The Balaban J connectivity index is 1.95. The molecule has 0 amide bonds. The van der Waals surface area contributed by atoms with Crippen LogP contribution >= 0.6 is 11.8 Å². The summed E-state index contributed by atoms with van der Waals surface area (Å²) < 4.78 is 15.9. The number of methoxy groups -OCH3 is 2. The van der Waals surface area contributed by atoms with Crippen LogP contribution in [0.3, 0.4) is 0 Å². The predicted octanol–water partition coefficient (Wildman–Crippen LogP) is 4.05.